The Labute approximate surface area is 205 Å². The van der Waals surface area contributed by atoms with E-state index >= 15 is 0 Å². The molecule has 3 aromatic rings. The molecule has 0 spiro atoms. The van der Waals surface area contributed by atoms with Crippen molar-refractivity contribution >= 4 is 17.0 Å². The average molecular weight is 498 g/mol. The average Bonchev–Trinajstić information content (AvgIpc) is 2.83. The predicted octanol–water partition coefficient (Wildman–Crippen LogP) is 1.53. The zero-order chi connectivity index (χ0) is 25.8. The Kier molecular flexibility index (Phi) is 6.01. The van der Waals surface area contributed by atoms with Crippen LogP contribution in [0.1, 0.15) is 19.4 Å². The first kappa shape index (κ1) is 24.3. The van der Waals surface area contributed by atoms with Crippen LogP contribution < -0.4 is 14.9 Å². The van der Waals surface area contributed by atoms with Gasteiger partial charge in [-0.25, -0.2) is 0 Å². The summed E-state index contributed by atoms with van der Waals surface area (Å²) in [7, 11) is 0. The maximum absolute atomic E-state index is 12.9. The second kappa shape index (κ2) is 8.91. The smallest absolute Gasteiger partial charge is 0.229 e. The molecule has 1 saturated heterocycles. The van der Waals surface area contributed by atoms with Gasteiger partial charge in [-0.15, -0.1) is 0 Å². The Bertz CT molecular complexity index is 1370. The van der Waals surface area contributed by atoms with Gasteiger partial charge in [-0.05, 0) is 50.3 Å². The van der Waals surface area contributed by atoms with Gasteiger partial charge in [-0.2, -0.15) is 0 Å². The fourth-order valence-electron chi connectivity index (χ4n) is 4.29. The minimum Gasteiger partial charge on any atom is -0.507 e. The molecule has 10 nitrogen and oxygen atoms in total. The third-order valence-electron chi connectivity index (χ3n) is 6.25. The molecule has 0 saturated carbocycles. The Morgan fingerprint density at radius 1 is 1.03 bits per heavy atom. The molecule has 0 radical (unpaired) electrons. The van der Waals surface area contributed by atoms with E-state index in [1.165, 1.54) is 12.1 Å². The zero-order valence-electron chi connectivity index (χ0n) is 19.5. The van der Waals surface area contributed by atoms with E-state index in [-0.39, 0.29) is 28.2 Å². The Hall–Kier alpha value is -3.41. The maximum atomic E-state index is 12.9. The number of hydrogen-bond donors (Lipinski definition) is 5. The second-order valence-electron chi connectivity index (χ2n) is 9.36. The van der Waals surface area contributed by atoms with Gasteiger partial charge in [-0.3, -0.25) is 4.79 Å². The summed E-state index contributed by atoms with van der Waals surface area (Å²) in [6.45, 7) is 3.17. The molecule has 5 N–H and O–H groups in total. The molecule has 190 valence electrons. The summed E-state index contributed by atoms with van der Waals surface area (Å²) in [6.07, 6.45) is -3.37. The van der Waals surface area contributed by atoms with Crippen LogP contribution in [0, 0.1) is 0 Å². The lowest BCUT2D eigenvalue weighted by Gasteiger charge is -2.39. The van der Waals surface area contributed by atoms with E-state index in [1.807, 2.05) is 19.9 Å². The molecular formula is C26H26O10. The van der Waals surface area contributed by atoms with Gasteiger partial charge in [-0.1, -0.05) is 0 Å². The quantitative estimate of drug-likeness (QED) is 0.357. The van der Waals surface area contributed by atoms with Crippen molar-refractivity contribution in [3.8, 4) is 28.6 Å². The summed E-state index contributed by atoms with van der Waals surface area (Å²) in [5.41, 5.74) is 0.270. The number of hydrogen-bond acceptors (Lipinski definition) is 10. The fourth-order valence-corrected chi connectivity index (χ4v) is 4.29. The standard InChI is InChI=1S/C26H26O10/c1-26(2)8-7-14-18(36-26)10-16(29)20-15(28)9-17(34-24(14)20)12-3-5-13(6-4-12)33-25-23(32)22(31)21(30)19(11-27)35-25/h3-10,19,21-23,25,27,29-32H,11H2,1-2H3/t19-,21-,22+,23-,25?/m1/s1. The van der Waals surface area contributed by atoms with Crippen molar-refractivity contribution < 1.29 is 44.2 Å². The fraction of sp³-hybridized carbons (Fsp3) is 0.346. The van der Waals surface area contributed by atoms with Crippen molar-refractivity contribution in [2.75, 3.05) is 6.61 Å². The minimum absolute atomic E-state index is 0.0491. The van der Waals surface area contributed by atoms with Gasteiger partial charge in [0, 0.05) is 17.7 Å². The maximum Gasteiger partial charge on any atom is 0.229 e. The van der Waals surface area contributed by atoms with Crippen LogP contribution in [0.15, 0.2) is 51.7 Å². The lowest BCUT2D eigenvalue weighted by molar-refractivity contribution is -0.277. The molecule has 36 heavy (non-hydrogen) atoms. The van der Waals surface area contributed by atoms with Crippen LogP contribution in [0.2, 0.25) is 0 Å². The number of phenols is 1. The van der Waals surface area contributed by atoms with E-state index in [1.54, 1.807) is 30.3 Å². The van der Waals surface area contributed by atoms with E-state index in [2.05, 4.69) is 0 Å². The largest absolute Gasteiger partial charge is 0.507 e. The molecule has 0 bridgehead atoms. The highest BCUT2D eigenvalue weighted by atomic mass is 16.7. The monoisotopic (exact) mass is 498 g/mol. The number of fused-ring (bicyclic) bond motifs is 3. The van der Waals surface area contributed by atoms with Crippen molar-refractivity contribution in [3.05, 3.63) is 58.3 Å². The summed E-state index contributed by atoms with van der Waals surface area (Å²) in [5.74, 6) is 0.673. The summed E-state index contributed by atoms with van der Waals surface area (Å²) in [4.78, 5) is 12.9. The lowest BCUT2D eigenvalue weighted by Crippen LogP contribution is -2.60. The number of aromatic hydroxyl groups is 1. The molecular weight excluding hydrogens is 472 g/mol. The number of benzene rings is 2. The van der Waals surface area contributed by atoms with Gasteiger partial charge in [0.05, 0.1) is 12.2 Å². The van der Waals surface area contributed by atoms with Crippen molar-refractivity contribution in [1.82, 2.24) is 0 Å². The van der Waals surface area contributed by atoms with Gasteiger partial charge in [0.2, 0.25) is 6.29 Å². The van der Waals surface area contributed by atoms with E-state index in [0.29, 0.717) is 16.9 Å². The van der Waals surface area contributed by atoms with Crippen LogP contribution in [0.25, 0.3) is 28.4 Å². The third kappa shape index (κ3) is 4.23. The molecule has 2 aromatic carbocycles. The van der Waals surface area contributed by atoms with E-state index in [4.69, 9.17) is 18.6 Å². The highest BCUT2D eigenvalue weighted by Gasteiger charge is 2.44. The molecule has 0 aliphatic carbocycles. The number of phenolic OH excluding ortho intramolecular Hbond substituents is 1. The molecule has 2 aliphatic rings. The second-order valence-corrected chi connectivity index (χ2v) is 9.36. The summed E-state index contributed by atoms with van der Waals surface area (Å²) in [5, 5.41) is 49.9. The molecule has 2 aliphatic heterocycles. The Balaban J connectivity index is 1.46. The van der Waals surface area contributed by atoms with E-state index in [9.17, 15) is 30.3 Å². The molecule has 1 fully saturated rings. The van der Waals surface area contributed by atoms with Gasteiger partial charge in [0.1, 0.15) is 58.4 Å². The van der Waals surface area contributed by atoms with Crippen molar-refractivity contribution in [2.24, 2.45) is 0 Å². The summed E-state index contributed by atoms with van der Waals surface area (Å²) < 4.78 is 22.9. The molecule has 0 amide bonds. The normalized spacial score (nSPS) is 26.9. The summed E-state index contributed by atoms with van der Waals surface area (Å²) in [6, 6.07) is 9.01. The Morgan fingerprint density at radius 3 is 2.44 bits per heavy atom. The van der Waals surface area contributed by atoms with Gasteiger partial charge in [0.15, 0.2) is 11.0 Å². The first-order chi connectivity index (χ1) is 17.1. The van der Waals surface area contributed by atoms with Crippen LogP contribution in [0.4, 0.5) is 0 Å². The van der Waals surface area contributed by atoms with Gasteiger partial charge >= 0.3 is 0 Å². The molecule has 10 heteroatoms. The van der Waals surface area contributed by atoms with Crippen LogP contribution >= 0.6 is 0 Å². The number of ether oxygens (including phenoxy) is 3. The van der Waals surface area contributed by atoms with Crippen molar-refractivity contribution in [2.45, 2.75) is 50.2 Å². The van der Waals surface area contributed by atoms with Gasteiger partial charge < -0.3 is 44.2 Å². The van der Waals surface area contributed by atoms with Crippen LogP contribution in [0.5, 0.6) is 17.2 Å². The SMILES string of the molecule is CC1(C)C=Cc2c(cc(O)c3c(=O)cc(-c4ccc(OC5O[C@H](CO)[C@@H](O)[C@H](O)[C@H]5O)cc4)oc23)O1. The zero-order valence-corrected chi connectivity index (χ0v) is 19.5. The molecule has 1 unspecified atom stereocenters. The van der Waals surface area contributed by atoms with Gasteiger partial charge in [0.25, 0.3) is 0 Å². The lowest BCUT2D eigenvalue weighted by atomic mass is 9.99. The third-order valence-corrected chi connectivity index (χ3v) is 6.25. The first-order valence-electron chi connectivity index (χ1n) is 11.4. The number of aliphatic hydroxyl groups excluding tert-OH is 4. The molecule has 5 atom stereocenters. The molecule has 3 heterocycles. The number of aliphatic hydroxyl groups is 4. The minimum atomic E-state index is -1.56. The van der Waals surface area contributed by atoms with E-state index < -0.39 is 48.3 Å². The number of rotatable bonds is 4. The van der Waals surface area contributed by atoms with Crippen molar-refractivity contribution in [3.63, 3.8) is 0 Å². The highest BCUT2D eigenvalue weighted by molar-refractivity contribution is 5.94. The Morgan fingerprint density at radius 2 is 1.75 bits per heavy atom. The molecule has 5 rings (SSSR count). The van der Waals surface area contributed by atoms with Crippen LogP contribution in [-0.2, 0) is 4.74 Å². The first-order valence-corrected chi connectivity index (χ1v) is 11.4. The van der Waals surface area contributed by atoms with Crippen LogP contribution in [-0.4, -0.2) is 68.4 Å². The van der Waals surface area contributed by atoms with E-state index in [0.717, 1.165) is 0 Å². The molecule has 1 aromatic heterocycles. The highest BCUT2D eigenvalue weighted by Crippen LogP contribution is 2.40. The van der Waals surface area contributed by atoms with Crippen molar-refractivity contribution in [1.29, 1.82) is 0 Å². The predicted molar refractivity (Wildman–Crippen MR) is 128 cm³/mol. The summed E-state index contributed by atoms with van der Waals surface area (Å²) >= 11 is 0. The van der Waals surface area contributed by atoms with Crippen LogP contribution in [0.3, 0.4) is 0 Å². The topological polar surface area (TPSA) is 159 Å².